The Morgan fingerprint density at radius 3 is 3.06 bits per heavy atom. The fourth-order valence-corrected chi connectivity index (χ4v) is 3.50. The molecule has 2 atom stereocenters. The van der Waals surface area contributed by atoms with E-state index >= 15 is 0 Å². The number of aliphatic imine (C=N–C) groups is 1. The largest absolute Gasteiger partial charge is 0.493 e. The smallest absolute Gasteiger partial charge is 0.261 e. The summed E-state index contributed by atoms with van der Waals surface area (Å²) in [7, 11) is 0. The molecule has 0 radical (unpaired) electrons. The summed E-state index contributed by atoms with van der Waals surface area (Å²) in [5.41, 5.74) is 8.02. The highest BCUT2D eigenvalue weighted by Gasteiger charge is 2.25. The fraction of sp³-hybridized carbons (Fsp3) is 0.273. The Hall–Kier alpha value is -3.47. The Balaban J connectivity index is 1.74. The van der Waals surface area contributed by atoms with Gasteiger partial charge in [-0.1, -0.05) is 11.6 Å². The Bertz CT molecular complexity index is 1220. The number of aromatic nitrogens is 3. The first kappa shape index (κ1) is 22.7. The Morgan fingerprint density at radius 2 is 2.30 bits per heavy atom. The van der Waals surface area contributed by atoms with Crippen LogP contribution >= 0.6 is 11.6 Å². The van der Waals surface area contributed by atoms with Crippen LogP contribution in [-0.2, 0) is 4.74 Å². The lowest BCUT2D eigenvalue weighted by molar-refractivity contribution is 0.0969. The third-order valence-corrected chi connectivity index (χ3v) is 5.25. The zero-order valence-corrected chi connectivity index (χ0v) is 18.6. The first-order chi connectivity index (χ1) is 16.0. The maximum atomic E-state index is 13.1. The maximum absolute atomic E-state index is 13.1. The summed E-state index contributed by atoms with van der Waals surface area (Å²) in [5, 5.41) is 17.4. The van der Waals surface area contributed by atoms with E-state index < -0.39 is 18.1 Å². The van der Waals surface area contributed by atoms with Gasteiger partial charge in [-0.2, -0.15) is 5.10 Å². The van der Waals surface area contributed by atoms with Crippen molar-refractivity contribution in [2.24, 2.45) is 10.7 Å². The molecule has 3 aromatic rings. The van der Waals surface area contributed by atoms with Crippen LogP contribution in [0.4, 0.5) is 0 Å². The van der Waals surface area contributed by atoms with Crippen LogP contribution in [0.15, 0.2) is 53.5 Å². The van der Waals surface area contributed by atoms with Gasteiger partial charge in [-0.05, 0) is 31.2 Å². The molecule has 0 bridgehead atoms. The third-order valence-electron chi connectivity index (χ3n) is 5.01. The van der Waals surface area contributed by atoms with Crippen molar-refractivity contribution >= 4 is 35.1 Å². The van der Waals surface area contributed by atoms with Crippen molar-refractivity contribution < 1.29 is 19.4 Å². The van der Waals surface area contributed by atoms with E-state index in [0.29, 0.717) is 28.6 Å². The van der Waals surface area contributed by atoms with Crippen LogP contribution < -0.4 is 15.8 Å². The van der Waals surface area contributed by atoms with Crippen molar-refractivity contribution in [3.8, 4) is 5.75 Å². The molecule has 1 unspecified atom stereocenters. The monoisotopic (exact) mass is 470 g/mol. The van der Waals surface area contributed by atoms with E-state index in [-0.39, 0.29) is 30.2 Å². The van der Waals surface area contributed by atoms with Gasteiger partial charge in [0.2, 0.25) is 0 Å². The molecule has 10 nitrogen and oxygen atoms in total. The summed E-state index contributed by atoms with van der Waals surface area (Å²) >= 11 is 6.19. The van der Waals surface area contributed by atoms with Gasteiger partial charge in [0.15, 0.2) is 5.65 Å². The van der Waals surface area contributed by atoms with Crippen molar-refractivity contribution in [1.29, 1.82) is 0 Å². The second-order valence-electron chi connectivity index (χ2n) is 7.25. The molecule has 4 rings (SSSR count). The maximum Gasteiger partial charge on any atom is 0.261 e. The minimum absolute atomic E-state index is 0.191. The van der Waals surface area contributed by atoms with Crippen LogP contribution in [0, 0.1) is 0 Å². The number of nitrogens with two attached hydrogens (primary N) is 1. The number of allylic oxidation sites excluding steroid dienone is 1. The van der Waals surface area contributed by atoms with Crippen molar-refractivity contribution in [3.05, 3.63) is 64.7 Å². The first-order valence-electron chi connectivity index (χ1n) is 10.3. The second kappa shape index (κ2) is 9.99. The molecule has 1 aromatic carbocycles. The first-order valence-corrected chi connectivity index (χ1v) is 10.7. The molecule has 4 N–H and O–H groups in total. The molecule has 0 aliphatic carbocycles. The van der Waals surface area contributed by atoms with Crippen LogP contribution in [0.1, 0.15) is 22.8 Å². The molecule has 0 spiro atoms. The molecule has 1 saturated heterocycles. The highest BCUT2D eigenvalue weighted by Crippen LogP contribution is 2.28. The van der Waals surface area contributed by atoms with Gasteiger partial charge in [0.05, 0.1) is 37.4 Å². The van der Waals surface area contributed by atoms with E-state index in [1.807, 2.05) is 6.92 Å². The Morgan fingerprint density at radius 1 is 1.45 bits per heavy atom. The van der Waals surface area contributed by atoms with Crippen molar-refractivity contribution in [2.75, 3.05) is 19.8 Å². The van der Waals surface area contributed by atoms with Crippen LogP contribution in [-0.4, -0.2) is 63.8 Å². The quantitative estimate of drug-likeness (QED) is 0.447. The SMILES string of the molecule is CCOc1ccc(Cl)cc1C(N)=C(C=N[C@H]1COCC1O)NC(=O)c1cnn2cccnc12. The number of rotatable bonds is 7. The van der Waals surface area contributed by atoms with Gasteiger partial charge >= 0.3 is 0 Å². The third kappa shape index (κ3) is 4.98. The number of amides is 1. The number of ether oxygens (including phenoxy) is 2. The number of fused-ring (bicyclic) bond motifs is 1. The predicted molar refractivity (Wildman–Crippen MR) is 123 cm³/mol. The minimum atomic E-state index is -0.742. The normalized spacial score (nSPS) is 19.1. The number of nitrogens with zero attached hydrogens (tertiary/aromatic N) is 4. The van der Waals surface area contributed by atoms with Gasteiger partial charge in [0, 0.05) is 29.2 Å². The minimum Gasteiger partial charge on any atom is -0.493 e. The molecule has 33 heavy (non-hydrogen) atoms. The molecule has 1 amide bonds. The standard InChI is InChI=1S/C22H23ClN6O4/c1-2-33-19-5-4-13(23)8-14(19)20(24)16(10-26-17-11-32-12-18(17)30)28-22(31)15-9-27-29-7-3-6-25-21(15)29/h3-10,17-18,30H,2,11-12,24H2,1H3,(H,28,31)/t17-,18?/m0/s1. The molecule has 1 fully saturated rings. The summed E-state index contributed by atoms with van der Waals surface area (Å²) in [6.07, 6.45) is 5.34. The van der Waals surface area contributed by atoms with Gasteiger partial charge in [-0.25, -0.2) is 9.50 Å². The van der Waals surface area contributed by atoms with Gasteiger partial charge in [-0.15, -0.1) is 0 Å². The molecule has 11 heteroatoms. The average molecular weight is 471 g/mol. The van der Waals surface area contributed by atoms with Crippen LogP contribution in [0.2, 0.25) is 5.02 Å². The number of nitrogens with one attached hydrogen (secondary N) is 1. The van der Waals surface area contributed by atoms with E-state index in [1.54, 1.807) is 36.7 Å². The number of halogens is 1. The van der Waals surface area contributed by atoms with E-state index in [1.165, 1.54) is 16.9 Å². The Labute approximate surface area is 194 Å². The summed E-state index contributed by atoms with van der Waals surface area (Å²) < 4.78 is 12.4. The highest BCUT2D eigenvalue weighted by molar-refractivity contribution is 6.30. The van der Waals surface area contributed by atoms with E-state index in [9.17, 15) is 9.90 Å². The van der Waals surface area contributed by atoms with E-state index in [2.05, 4.69) is 20.4 Å². The molecule has 1 aliphatic heterocycles. The van der Waals surface area contributed by atoms with E-state index in [4.69, 9.17) is 26.8 Å². The van der Waals surface area contributed by atoms with Crippen molar-refractivity contribution in [1.82, 2.24) is 19.9 Å². The molecule has 1 aliphatic rings. The fourth-order valence-electron chi connectivity index (χ4n) is 3.33. The van der Waals surface area contributed by atoms with Crippen LogP contribution in [0.25, 0.3) is 11.3 Å². The lowest BCUT2D eigenvalue weighted by Gasteiger charge is -2.15. The van der Waals surface area contributed by atoms with Crippen molar-refractivity contribution in [2.45, 2.75) is 19.1 Å². The molecular weight excluding hydrogens is 448 g/mol. The van der Waals surface area contributed by atoms with Gasteiger partial charge in [-0.3, -0.25) is 9.79 Å². The predicted octanol–water partition coefficient (Wildman–Crippen LogP) is 1.67. The number of benzene rings is 1. The summed E-state index contributed by atoms with van der Waals surface area (Å²) in [5.74, 6) is 0.0257. The molecule has 0 saturated carbocycles. The lowest BCUT2D eigenvalue weighted by atomic mass is 10.1. The Kier molecular flexibility index (Phi) is 6.87. The topological polar surface area (TPSA) is 136 Å². The number of aliphatic hydroxyl groups excluding tert-OH is 1. The highest BCUT2D eigenvalue weighted by atomic mass is 35.5. The van der Waals surface area contributed by atoms with Gasteiger partial charge in [0.1, 0.15) is 23.5 Å². The zero-order chi connectivity index (χ0) is 23.4. The molecule has 3 heterocycles. The summed E-state index contributed by atoms with van der Waals surface area (Å²) in [6, 6.07) is 6.27. The zero-order valence-electron chi connectivity index (χ0n) is 17.8. The lowest BCUT2D eigenvalue weighted by Crippen LogP contribution is -2.28. The number of hydrogen-bond donors (Lipinski definition) is 3. The number of carbonyl (C=O) groups excluding carboxylic acids is 1. The summed E-state index contributed by atoms with van der Waals surface area (Å²) in [4.78, 5) is 21.7. The number of hydrogen-bond acceptors (Lipinski definition) is 8. The van der Waals surface area contributed by atoms with Crippen LogP contribution in [0.5, 0.6) is 5.75 Å². The number of carbonyl (C=O) groups is 1. The molecule has 2 aromatic heterocycles. The molecule has 172 valence electrons. The molecular formula is C22H23ClN6O4. The van der Waals surface area contributed by atoms with Gasteiger partial charge < -0.3 is 25.6 Å². The summed E-state index contributed by atoms with van der Waals surface area (Å²) in [6.45, 7) is 2.72. The van der Waals surface area contributed by atoms with E-state index in [0.717, 1.165) is 0 Å². The second-order valence-corrected chi connectivity index (χ2v) is 7.69. The average Bonchev–Trinajstić information content (AvgIpc) is 3.43. The van der Waals surface area contributed by atoms with Gasteiger partial charge in [0.25, 0.3) is 5.91 Å². The van der Waals surface area contributed by atoms with Crippen LogP contribution in [0.3, 0.4) is 0 Å². The number of aliphatic hydroxyl groups is 1. The van der Waals surface area contributed by atoms with Crippen molar-refractivity contribution in [3.63, 3.8) is 0 Å².